The van der Waals surface area contributed by atoms with Crippen molar-refractivity contribution in [3.8, 4) is 0 Å². The first kappa shape index (κ1) is 11.2. The molecular formula is C15H22N2. The van der Waals surface area contributed by atoms with Gasteiger partial charge in [-0.05, 0) is 43.4 Å². The van der Waals surface area contributed by atoms with Crippen LogP contribution in [0.1, 0.15) is 44.9 Å². The minimum atomic E-state index is 0.521. The summed E-state index contributed by atoms with van der Waals surface area (Å²) < 4.78 is 0. The Morgan fingerprint density at radius 1 is 1.06 bits per heavy atom. The third-order valence-electron chi connectivity index (χ3n) is 4.63. The standard InChI is InChI=1S/C15H22N2/c1-2-4-15(5-3-1)17-11-16-10-14-9-12-6-7-13(14)8-12/h6-7,12-15H,1-5,8-10H2/t12-,13+,14?/m1/s1. The van der Waals surface area contributed by atoms with Crippen molar-refractivity contribution in [3.05, 3.63) is 12.2 Å². The van der Waals surface area contributed by atoms with Crippen molar-refractivity contribution in [1.82, 2.24) is 0 Å². The van der Waals surface area contributed by atoms with Gasteiger partial charge in [0.1, 0.15) is 0 Å². The molecule has 0 spiro atoms. The van der Waals surface area contributed by atoms with Crippen LogP contribution in [0.2, 0.25) is 0 Å². The molecule has 3 atom stereocenters. The summed E-state index contributed by atoms with van der Waals surface area (Å²) in [7, 11) is 0. The van der Waals surface area contributed by atoms with E-state index in [2.05, 4.69) is 28.1 Å². The van der Waals surface area contributed by atoms with Crippen LogP contribution in [0.4, 0.5) is 0 Å². The van der Waals surface area contributed by atoms with Crippen LogP contribution in [0.25, 0.3) is 0 Å². The number of hydrogen-bond acceptors (Lipinski definition) is 2. The molecule has 0 aromatic rings. The number of rotatable bonds is 3. The molecule has 0 radical (unpaired) electrons. The fourth-order valence-electron chi connectivity index (χ4n) is 3.60. The van der Waals surface area contributed by atoms with Gasteiger partial charge in [-0.25, -0.2) is 9.98 Å². The van der Waals surface area contributed by atoms with E-state index in [4.69, 9.17) is 0 Å². The fraction of sp³-hybridized carbons (Fsp3) is 0.800. The van der Waals surface area contributed by atoms with Crippen LogP contribution in [-0.4, -0.2) is 18.6 Å². The van der Waals surface area contributed by atoms with E-state index < -0.39 is 0 Å². The monoisotopic (exact) mass is 230 g/mol. The lowest BCUT2D eigenvalue weighted by Crippen LogP contribution is -2.10. The summed E-state index contributed by atoms with van der Waals surface area (Å²) >= 11 is 0. The molecule has 92 valence electrons. The highest BCUT2D eigenvalue weighted by Crippen LogP contribution is 2.43. The zero-order valence-corrected chi connectivity index (χ0v) is 10.5. The second kappa shape index (κ2) is 5.18. The lowest BCUT2D eigenvalue weighted by atomic mass is 9.94. The zero-order chi connectivity index (χ0) is 11.5. The molecule has 0 aliphatic heterocycles. The molecule has 3 aliphatic rings. The van der Waals surface area contributed by atoms with E-state index in [1.165, 1.54) is 44.9 Å². The van der Waals surface area contributed by atoms with Crippen LogP contribution in [-0.2, 0) is 0 Å². The normalized spacial score (nSPS) is 35.9. The van der Waals surface area contributed by atoms with Gasteiger partial charge in [-0.15, -0.1) is 0 Å². The summed E-state index contributed by atoms with van der Waals surface area (Å²) in [5.41, 5.74) is 0. The summed E-state index contributed by atoms with van der Waals surface area (Å²) in [6, 6.07) is 3.49. The van der Waals surface area contributed by atoms with Crippen LogP contribution in [0.5, 0.6) is 0 Å². The SMILES string of the molecule is C(=NCC1C[C@@H]2C=C[C@H]1C2)=NC1CCCCC1. The highest BCUT2D eigenvalue weighted by molar-refractivity contribution is 5.41. The van der Waals surface area contributed by atoms with Gasteiger partial charge in [0, 0.05) is 0 Å². The Hall–Kier alpha value is -0.880. The van der Waals surface area contributed by atoms with Crippen molar-refractivity contribution in [1.29, 1.82) is 0 Å². The van der Waals surface area contributed by atoms with Gasteiger partial charge in [0.25, 0.3) is 0 Å². The van der Waals surface area contributed by atoms with Gasteiger partial charge in [-0.3, -0.25) is 0 Å². The van der Waals surface area contributed by atoms with Crippen molar-refractivity contribution in [2.24, 2.45) is 27.7 Å². The lowest BCUT2D eigenvalue weighted by molar-refractivity contribution is 0.443. The summed E-state index contributed by atoms with van der Waals surface area (Å²) in [5.74, 6) is 2.44. The molecule has 2 nitrogen and oxygen atoms in total. The summed E-state index contributed by atoms with van der Waals surface area (Å²) in [5, 5.41) is 0. The number of fused-ring (bicyclic) bond motifs is 2. The molecule has 17 heavy (non-hydrogen) atoms. The van der Waals surface area contributed by atoms with Gasteiger partial charge in [0.15, 0.2) is 0 Å². The van der Waals surface area contributed by atoms with Crippen LogP contribution in [0.15, 0.2) is 22.1 Å². The lowest BCUT2D eigenvalue weighted by Gasteiger charge is -2.16. The molecule has 2 saturated carbocycles. The zero-order valence-electron chi connectivity index (χ0n) is 10.5. The molecule has 1 unspecified atom stereocenters. The van der Waals surface area contributed by atoms with Crippen LogP contribution in [0, 0.1) is 17.8 Å². The molecule has 3 rings (SSSR count). The average Bonchev–Trinajstić information content (AvgIpc) is 2.98. The summed E-state index contributed by atoms with van der Waals surface area (Å²) in [6.45, 7) is 0.946. The maximum atomic E-state index is 4.47. The van der Waals surface area contributed by atoms with Gasteiger partial charge in [-0.2, -0.15) is 0 Å². The maximum Gasteiger partial charge on any atom is 0.0895 e. The van der Waals surface area contributed by atoms with E-state index in [0.29, 0.717) is 6.04 Å². The third kappa shape index (κ3) is 2.69. The molecular weight excluding hydrogens is 208 g/mol. The Bertz CT molecular complexity index is 346. The Balaban J connectivity index is 1.47. The molecule has 2 fully saturated rings. The molecule has 0 saturated heterocycles. The van der Waals surface area contributed by atoms with E-state index >= 15 is 0 Å². The second-order valence-electron chi connectivity index (χ2n) is 5.90. The van der Waals surface area contributed by atoms with Gasteiger partial charge >= 0.3 is 0 Å². The first-order valence-corrected chi connectivity index (χ1v) is 7.21. The van der Waals surface area contributed by atoms with E-state index in [1.807, 2.05) is 0 Å². The largest absolute Gasteiger partial charge is 0.225 e. The van der Waals surface area contributed by atoms with Crippen molar-refractivity contribution in [2.75, 3.05) is 6.54 Å². The summed E-state index contributed by atoms with van der Waals surface area (Å²) in [6.07, 6.45) is 14.1. The van der Waals surface area contributed by atoms with E-state index in [1.54, 1.807) is 0 Å². The quantitative estimate of drug-likeness (QED) is 0.521. The van der Waals surface area contributed by atoms with Crippen molar-refractivity contribution in [3.63, 3.8) is 0 Å². The molecule has 2 heteroatoms. The molecule has 3 aliphatic carbocycles. The van der Waals surface area contributed by atoms with E-state index in [9.17, 15) is 0 Å². The number of allylic oxidation sites excluding steroid dienone is 2. The molecule has 0 aromatic carbocycles. The Labute approximate surface area is 104 Å². The first-order valence-electron chi connectivity index (χ1n) is 7.21. The predicted octanol–water partition coefficient (Wildman–Crippen LogP) is 3.71. The average molecular weight is 230 g/mol. The molecule has 0 heterocycles. The van der Waals surface area contributed by atoms with Crippen molar-refractivity contribution in [2.45, 2.75) is 51.0 Å². The molecule has 0 N–H and O–H groups in total. The van der Waals surface area contributed by atoms with Crippen molar-refractivity contribution >= 4 is 6.01 Å². The smallest absolute Gasteiger partial charge is 0.0895 e. The Kier molecular flexibility index (Phi) is 3.42. The van der Waals surface area contributed by atoms with Gasteiger partial charge in [0.05, 0.1) is 18.6 Å². The third-order valence-corrected chi connectivity index (χ3v) is 4.63. The first-order chi connectivity index (χ1) is 8.42. The Morgan fingerprint density at radius 2 is 1.94 bits per heavy atom. The van der Waals surface area contributed by atoms with E-state index in [0.717, 1.165) is 24.3 Å². The van der Waals surface area contributed by atoms with Gasteiger partial charge < -0.3 is 0 Å². The highest BCUT2D eigenvalue weighted by atomic mass is 14.8. The van der Waals surface area contributed by atoms with Crippen LogP contribution >= 0.6 is 0 Å². The topological polar surface area (TPSA) is 24.7 Å². The maximum absolute atomic E-state index is 4.47. The Morgan fingerprint density at radius 3 is 2.65 bits per heavy atom. The van der Waals surface area contributed by atoms with Gasteiger partial charge in [-0.1, -0.05) is 31.4 Å². The van der Waals surface area contributed by atoms with E-state index in [-0.39, 0.29) is 0 Å². The predicted molar refractivity (Wildman–Crippen MR) is 70.4 cm³/mol. The van der Waals surface area contributed by atoms with Gasteiger partial charge in [0.2, 0.25) is 0 Å². The number of aliphatic imine (C=N–C) groups is 2. The minimum absolute atomic E-state index is 0.521. The highest BCUT2D eigenvalue weighted by Gasteiger charge is 2.35. The van der Waals surface area contributed by atoms with Crippen molar-refractivity contribution < 1.29 is 0 Å². The molecule has 0 aromatic heterocycles. The fourth-order valence-corrected chi connectivity index (χ4v) is 3.60. The molecule has 2 bridgehead atoms. The van der Waals surface area contributed by atoms with Crippen LogP contribution < -0.4 is 0 Å². The van der Waals surface area contributed by atoms with Crippen LogP contribution in [0.3, 0.4) is 0 Å². The number of nitrogens with zero attached hydrogens (tertiary/aromatic N) is 2. The summed E-state index contributed by atoms with van der Waals surface area (Å²) in [4.78, 5) is 8.89. The number of hydrogen-bond donors (Lipinski definition) is 0. The second-order valence-corrected chi connectivity index (χ2v) is 5.90. The minimum Gasteiger partial charge on any atom is -0.225 e. The molecule has 0 amide bonds.